The number of nitrogens with zero attached hydrogens (tertiary/aromatic N) is 2. The first-order chi connectivity index (χ1) is 13.5. The molecule has 8 nitrogen and oxygen atoms in total. The second-order valence-electron chi connectivity index (χ2n) is 5.28. The summed E-state index contributed by atoms with van der Waals surface area (Å²) in [5.41, 5.74) is 1.18. The van der Waals surface area contributed by atoms with Crippen LogP contribution >= 0.6 is 23.1 Å². The summed E-state index contributed by atoms with van der Waals surface area (Å²) in [4.78, 5) is 24.0. The van der Waals surface area contributed by atoms with Gasteiger partial charge in [0.05, 0.1) is 26.6 Å². The summed E-state index contributed by atoms with van der Waals surface area (Å²) in [6.07, 6.45) is 2.24. The minimum Gasteiger partial charge on any atom is -0.493 e. The molecular formula is C18H21N3O5S2. The van der Waals surface area contributed by atoms with Crippen LogP contribution in [0.1, 0.15) is 22.8 Å². The molecule has 2 aromatic rings. The molecular weight excluding hydrogens is 402 g/mol. The van der Waals surface area contributed by atoms with Crippen molar-refractivity contribution in [3.8, 4) is 11.5 Å². The second-order valence-corrected chi connectivity index (χ2v) is 7.48. The third-order valence-electron chi connectivity index (χ3n) is 3.43. The van der Waals surface area contributed by atoms with Gasteiger partial charge in [0, 0.05) is 11.1 Å². The van der Waals surface area contributed by atoms with Crippen LogP contribution < -0.4 is 14.8 Å². The van der Waals surface area contributed by atoms with Crippen molar-refractivity contribution in [2.45, 2.75) is 17.7 Å². The maximum Gasteiger partial charge on any atom is 0.316 e. The number of esters is 1. The minimum atomic E-state index is -0.357. The van der Waals surface area contributed by atoms with E-state index >= 15 is 0 Å². The molecule has 0 atom stereocenters. The maximum absolute atomic E-state index is 12.6. The van der Waals surface area contributed by atoms with E-state index in [0.29, 0.717) is 39.6 Å². The van der Waals surface area contributed by atoms with Crippen LogP contribution in [0.2, 0.25) is 0 Å². The van der Waals surface area contributed by atoms with E-state index in [0.717, 1.165) is 5.56 Å². The highest BCUT2D eigenvalue weighted by atomic mass is 32.2. The van der Waals surface area contributed by atoms with E-state index in [-0.39, 0.29) is 17.6 Å². The van der Waals surface area contributed by atoms with Gasteiger partial charge in [-0.3, -0.25) is 14.9 Å². The molecule has 2 rings (SSSR count). The quantitative estimate of drug-likeness (QED) is 0.269. The molecule has 28 heavy (non-hydrogen) atoms. The van der Waals surface area contributed by atoms with Gasteiger partial charge in [-0.2, -0.15) is 0 Å². The maximum atomic E-state index is 12.6. The summed E-state index contributed by atoms with van der Waals surface area (Å²) in [6.45, 7) is 5.80. The molecule has 0 saturated heterocycles. The van der Waals surface area contributed by atoms with Crippen LogP contribution in [0.3, 0.4) is 0 Å². The highest BCUT2D eigenvalue weighted by molar-refractivity contribution is 8.01. The summed E-state index contributed by atoms with van der Waals surface area (Å²) >= 11 is 2.38. The molecule has 0 spiro atoms. The number of thioether (sulfide) groups is 1. The zero-order valence-electron chi connectivity index (χ0n) is 15.8. The Kier molecular flexibility index (Phi) is 8.27. The molecule has 0 bridgehead atoms. The van der Waals surface area contributed by atoms with E-state index in [2.05, 4.69) is 22.1 Å². The van der Waals surface area contributed by atoms with Gasteiger partial charge in [-0.25, -0.2) is 0 Å². The van der Waals surface area contributed by atoms with E-state index in [9.17, 15) is 9.59 Å². The van der Waals surface area contributed by atoms with Crippen molar-refractivity contribution in [2.24, 2.45) is 0 Å². The van der Waals surface area contributed by atoms with E-state index in [1.807, 2.05) is 0 Å². The number of nitrogens with one attached hydrogen (secondary N) is 1. The number of methoxy groups -OCH3 is 2. The summed E-state index contributed by atoms with van der Waals surface area (Å²) < 4.78 is 16.1. The van der Waals surface area contributed by atoms with E-state index in [1.165, 1.54) is 30.2 Å². The first-order valence-corrected chi connectivity index (χ1v) is 10.1. The van der Waals surface area contributed by atoms with Gasteiger partial charge in [-0.1, -0.05) is 29.2 Å². The van der Waals surface area contributed by atoms with Gasteiger partial charge < -0.3 is 14.2 Å². The van der Waals surface area contributed by atoms with Gasteiger partial charge in [-0.05, 0) is 25.5 Å². The average Bonchev–Trinajstić information content (AvgIpc) is 3.13. The second kappa shape index (κ2) is 10.7. The highest BCUT2D eigenvalue weighted by Crippen LogP contribution is 2.33. The number of hydrogen-bond acceptors (Lipinski definition) is 9. The Morgan fingerprint density at radius 1 is 1.29 bits per heavy atom. The molecule has 0 fully saturated rings. The lowest BCUT2D eigenvalue weighted by atomic mass is 10.1. The van der Waals surface area contributed by atoms with Gasteiger partial charge in [0.25, 0.3) is 5.91 Å². The van der Waals surface area contributed by atoms with E-state index in [1.54, 1.807) is 32.2 Å². The Balaban J connectivity index is 2.11. The van der Waals surface area contributed by atoms with Crippen LogP contribution in [0.4, 0.5) is 5.13 Å². The molecule has 1 heterocycles. The van der Waals surface area contributed by atoms with Crippen molar-refractivity contribution in [1.29, 1.82) is 0 Å². The molecule has 150 valence electrons. The Hall–Kier alpha value is -2.59. The predicted molar refractivity (Wildman–Crippen MR) is 109 cm³/mol. The monoisotopic (exact) mass is 423 g/mol. The fraction of sp³-hybridized carbons (Fsp3) is 0.333. The molecule has 10 heteroatoms. The van der Waals surface area contributed by atoms with Crippen molar-refractivity contribution < 1.29 is 23.8 Å². The van der Waals surface area contributed by atoms with Crippen LogP contribution in [-0.2, 0) is 16.0 Å². The number of allylic oxidation sites excluding steroid dienone is 1. The van der Waals surface area contributed by atoms with Crippen molar-refractivity contribution in [1.82, 2.24) is 10.2 Å². The lowest BCUT2D eigenvalue weighted by Gasteiger charge is -2.14. The molecule has 0 unspecified atom stereocenters. The summed E-state index contributed by atoms with van der Waals surface area (Å²) in [5, 5.41) is 10.9. The number of carbonyl (C=O) groups excluding carboxylic acids is 2. The number of hydrogen-bond donors (Lipinski definition) is 1. The standard InChI is InChI=1S/C18H21N3O5S2/c1-5-7-11-8-12(9-13(24-3)15(11)25-4)16(23)19-17-20-21-18(28-17)27-10-14(22)26-6-2/h5,8-9H,1,6-7,10H2,2-4H3,(H,19,20,23). The molecule has 1 N–H and O–H groups in total. The number of benzene rings is 1. The van der Waals surface area contributed by atoms with Crippen LogP contribution in [0.25, 0.3) is 0 Å². The Morgan fingerprint density at radius 3 is 2.71 bits per heavy atom. The van der Waals surface area contributed by atoms with E-state index in [4.69, 9.17) is 14.2 Å². The zero-order chi connectivity index (χ0) is 20.5. The number of aromatic nitrogens is 2. The Morgan fingerprint density at radius 2 is 2.07 bits per heavy atom. The Bertz CT molecular complexity index is 854. The van der Waals surface area contributed by atoms with Crippen LogP contribution in [0.15, 0.2) is 29.1 Å². The van der Waals surface area contributed by atoms with Gasteiger partial charge in [-0.15, -0.1) is 16.8 Å². The van der Waals surface area contributed by atoms with Crippen molar-refractivity contribution >= 4 is 40.1 Å². The van der Waals surface area contributed by atoms with Crippen LogP contribution in [0.5, 0.6) is 11.5 Å². The lowest BCUT2D eigenvalue weighted by Crippen LogP contribution is -2.13. The topological polar surface area (TPSA) is 99.6 Å². The smallest absolute Gasteiger partial charge is 0.316 e. The average molecular weight is 424 g/mol. The first-order valence-electron chi connectivity index (χ1n) is 8.31. The van der Waals surface area contributed by atoms with Gasteiger partial charge in [0.2, 0.25) is 5.13 Å². The fourth-order valence-corrected chi connectivity index (χ4v) is 3.84. The van der Waals surface area contributed by atoms with Crippen LogP contribution in [-0.4, -0.2) is 48.7 Å². The predicted octanol–water partition coefficient (Wildman–Crippen LogP) is 3.19. The summed E-state index contributed by atoms with van der Waals surface area (Å²) in [6, 6.07) is 3.31. The van der Waals surface area contributed by atoms with Crippen molar-refractivity contribution in [2.75, 3.05) is 31.9 Å². The van der Waals surface area contributed by atoms with Gasteiger partial charge >= 0.3 is 5.97 Å². The van der Waals surface area contributed by atoms with Crippen molar-refractivity contribution in [3.05, 3.63) is 35.9 Å². The zero-order valence-corrected chi connectivity index (χ0v) is 17.4. The number of rotatable bonds is 10. The SMILES string of the molecule is C=CCc1cc(C(=O)Nc2nnc(SCC(=O)OCC)s2)cc(OC)c1OC. The molecule has 1 aromatic carbocycles. The molecule has 1 amide bonds. The minimum absolute atomic E-state index is 0.136. The summed E-state index contributed by atoms with van der Waals surface area (Å²) in [7, 11) is 3.05. The number of carbonyl (C=O) groups is 2. The summed E-state index contributed by atoms with van der Waals surface area (Å²) in [5.74, 6) is 0.469. The van der Waals surface area contributed by atoms with Crippen molar-refractivity contribution in [3.63, 3.8) is 0 Å². The highest BCUT2D eigenvalue weighted by Gasteiger charge is 2.17. The fourth-order valence-electron chi connectivity index (χ4n) is 2.29. The largest absolute Gasteiger partial charge is 0.493 e. The van der Waals surface area contributed by atoms with E-state index < -0.39 is 0 Å². The lowest BCUT2D eigenvalue weighted by molar-refractivity contribution is -0.139. The normalized spacial score (nSPS) is 10.2. The number of amides is 1. The van der Waals surface area contributed by atoms with Gasteiger partial charge in [0.15, 0.2) is 15.8 Å². The molecule has 0 aliphatic carbocycles. The number of ether oxygens (including phenoxy) is 3. The first kappa shape index (κ1) is 21.7. The molecule has 0 aliphatic heterocycles. The van der Waals surface area contributed by atoms with Gasteiger partial charge in [0.1, 0.15) is 0 Å². The molecule has 1 aromatic heterocycles. The third-order valence-corrected chi connectivity index (χ3v) is 5.37. The van der Waals surface area contributed by atoms with Crippen LogP contribution in [0, 0.1) is 0 Å². The molecule has 0 saturated carbocycles. The molecule has 0 radical (unpaired) electrons. The third kappa shape index (κ3) is 5.70. The molecule has 0 aliphatic rings. The Labute approximate surface area is 171 Å². The number of anilines is 1.